The van der Waals surface area contributed by atoms with E-state index in [1.54, 1.807) is 24.8 Å². The fourth-order valence-electron chi connectivity index (χ4n) is 6.34. The number of hydrogen-bond acceptors (Lipinski definition) is 6. The molecule has 11 heteroatoms. The molecule has 6 aromatic rings. The lowest BCUT2D eigenvalue weighted by Crippen LogP contribution is -2.24. The fraction of sp³-hybridized carbons (Fsp3) is 0.257. The van der Waals surface area contributed by atoms with Crippen molar-refractivity contribution in [1.82, 2.24) is 25.1 Å². The van der Waals surface area contributed by atoms with Gasteiger partial charge in [0.1, 0.15) is 21.3 Å². The van der Waals surface area contributed by atoms with Gasteiger partial charge in [-0.1, -0.05) is 31.4 Å². The molecule has 1 aliphatic rings. The number of benzene rings is 2. The maximum atomic E-state index is 14.7. The summed E-state index contributed by atoms with van der Waals surface area (Å²) >= 11 is 0. The number of halogens is 1. The SMILES string of the molecule is CS(=O)(=O)CCc1cc(F)cc(-c2cncc3[nH]c(-c4n[nH]c5ccc(-c6cncc(NC(=O)C7CCCCC7)c6)cc45)cc23)c1. The van der Waals surface area contributed by atoms with Crippen LogP contribution in [0.3, 0.4) is 0 Å². The van der Waals surface area contributed by atoms with E-state index in [-0.39, 0.29) is 24.0 Å². The zero-order valence-corrected chi connectivity index (χ0v) is 26.1. The number of aromatic amines is 2. The predicted octanol–water partition coefficient (Wildman–Crippen LogP) is 7.08. The van der Waals surface area contributed by atoms with Crippen molar-refractivity contribution in [2.24, 2.45) is 5.92 Å². The van der Waals surface area contributed by atoms with Crippen LogP contribution in [-0.4, -0.2) is 51.5 Å². The van der Waals surface area contributed by atoms with E-state index in [2.05, 4.69) is 30.5 Å². The highest BCUT2D eigenvalue weighted by Gasteiger charge is 2.21. The first-order valence-electron chi connectivity index (χ1n) is 15.4. The first-order chi connectivity index (χ1) is 22.2. The van der Waals surface area contributed by atoms with Crippen molar-refractivity contribution >= 4 is 43.2 Å². The number of fused-ring (bicyclic) bond motifs is 2. The number of anilines is 1. The zero-order chi connectivity index (χ0) is 31.8. The Balaban J connectivity index is 1.21. The quantitative estimate of drug-likeness (QED) is 0.164. The second kappa shape index (κ2) is 12.1. The molecule has 0 saturated heterocycles. The van der Waals surface area contributed by atoms with Crippen molar-refractivity contribution in [3.05, 3.63) is 84.7 Å². The Hall–Kier alpha value is -4.90. The molecule has 0 aliphatic heterocycles. The highest BCUT2D eigenvalue weighted by molar-refractivity contribution is 7.90. The number of H-pyrrole nitrogens is 2. The second-order valence-electron chi connectivity index (χ2n) is 12.2. The maximum absolute atomic E-state index is 14.7. The van der Waals surface area contributed by atoms with Crippen LogP contribution in [0.15, 0.2) is 73.3 Å². The Labute approximate surface area is 265 Å². The number of sulfone groups is 1. The van der Waals surface area contributed by atoms with Crippen LogP contribution in [0, 0.1) is 11.7 Å². The number of amides is 1. The van der Waals surface area contributed by atoms with E-state index >= 15 is 0 Å². The van der Waals surface area contributed by atoms with Crippen LogP contribution in [-0.2, 0) is 21.1 Å². The number of carbonyl (C=O) groups is 1. The van der Waals surface area contributed by atoms with Crippen molar-refractivity contribution in [3.63, 3.8) is 0 Å². The number of carbonyl (C=O) groups excluding carboxylic acids is 1. The number of aryl methyl sites for hydroxylation is 1. The van der Waals surface area contributed by atoms with Gasteiger partial charge in [-0.2, -0.15) is 5.10 Å². The number of pyridine rings is 2. The minimum atomic E-state index is -3.19. The summed E-state index contributed by atoms with van der Waals surface area (Å²) in [6.07, 6.45) is 13.5. The van der Waals surface area contributed by atoms with Gasteiger partial charge in [-0.3, -0.25) is 19.9 Å². The normalized spacial score (nSPS) is 14.2. The van der Waals surface area contributed by atoms with E-state index < -0.39 is 15.7 Å². The van der Waals surface area contributed by atoms with Crippen LogP contribution in [0.2, 0.25) is 0 Å². The third kappa shape index (κ3) is 6.28. The molecule has 234 valence electrons. The molecule has 0 spiro atoms. The summed E-state index contributed by atoms with van der Waals surface area (Å²) in [5, 5.41) is 12.5. The highest BCUT2D eigenvalue weighted by Crippen LogP contribution is 2.36. The molecule has 7 rings (SSSR count). The van der Waals surface area contributed by atoms with Gasteiger partial charge in [0.25, 0.3) is 0 Å². The Bertz CT molecular complexity index is 2200. The first kappa shape index (κ1) is 29.8. The van der Waals surface area contributed by atoms with Gasteiger partial charge in [0.2, 0.25) is 5.91 Å². The topological polar surface area (TPSA) is 133 Å². The van der Waals surface area contributed by atoms with E-state index in [4.69, 9.17) is 0 Å². The van der Waals surface area contributed by atoms with Crippen LogP contribution >= 0.6 is 0 Å². The third-order valence-corrected chi connectivity index (χ3v) is 9.65. The van der Waals surface area contributed by atoms with Gasteiger partial charge in [-0.15, -0.1) is 0 Å². The number of nitrogens with one attached hydrogen (secondary N) is 3. The highest BCUT2D eigenvalue weighted by atomic mass is 32.2. The Morgan fingerprint density at radius 2 is 1.72 bits per heavy atom. The van der Waals surface area contributed by atoms with E-state index in [0.29, 0.717) is 22.5 Å². The molecule has 0 atom stereocenters. The lowest BCUT2D eigenvalue weighted by atomic mass is 9.88. The number of hydrogen-bond donors (Lipinski definition) is 3. The molecule has 46 heavy (non-hydrogen) atoms. The van der Waals surface area contributed by atoms with Crippen molar-refractivity contribution in [1.29, 1.82) is 0 Å². The monoisotopic (exact) mass is 636 g/mol. The summed E-state index contributed by atoms with van der Waals surface area (Å²) in [6, 6.07) is 14.5. The van der Waals surface area contributed by atoms with E-state index in [1.807, 2.05) is 36.4 Å². The summed E-state index contributed by atoms with van der Waals surface area (Å²) in [5.41, 5.74) is 7.49. The molecule has 0 bridgehead atoms. The van der Waals surface area contributed by atoms with Crippen LogP contribution in [0.1, 0.15) is 37.7 Å². The molecule has 0 unspecified atom stereocenters. The molecular weight excluding hydrogens is 603 g/mol. The van der Waals surface area contributed by atoms with Crippen molar-refractivity contribution in [2.45, 2.75) is 38.5 Å². The molecular formula is C35H33FN6O3S. The van der Waals surface area contributed by atoms with Gasteiger partial charge in [-0.05, 0) is 72.4 Å². The molecule has 9 nitrogen and oxygen atoms in total. The van der Waals surface area contributed by atoms with Gasteiger partial charge in [0, 0.05) is 46.5 Å². The maximum Gasteiger partial charge on any atom is 0.227 e. The van der Waals surface area contributed by atoms with E-state index in [1.165, 1.54) is 24.8 Å². The summed E-state index contributed by atoms with van der Waals surface area (Å²) in [4.78, 5) is 25.1. The molecule has 1 amide bonds. The van der Waals surface area contributed by atoms with Gasteiger partial charge >= 0.3 is 0 Å². The standard InChI is InChI=1S/C35H33FN6O3S/c1-46(44,45)10-9-21-11-24(13-26(36)12-21)30-19-38-20-33-28(30)16-32(40-33)34-29-15-23(7-8-31(29)41-42-34)25-14-27(18-37-17-25)39-35(43)22-5-3-2-4-6-22/h7-8,11-20,22,40H,2-6,9-10H2,1H3,(H,39,43)(H,41,42). The minimum Gasteiger partial charge on any atom is -0.352 e. The smallest absolute Gasteiger partial charge is 0.227 e. The minimum absolute atomic E-state index is 0.0529. The van der Waals surface area contributed by atoms with E-state index in [9.17, 15) is 17.6 Å². The summed E-state index contributed by atoms with van der Waals surface area (Å²) < 4.78 is 38.1. The number of rotatable bonds is 8. The lowest BCUT2D eigenvalue weighted by molar-refractivity contribution is -0.120. The number of nitrogens with zero attached hydrogens (tertiary/aromatic N) is 3. The van der Waals surface area contributed by atoms with Crippen molar-refractivity contribution in [2.75, 3.05) is 17.3 Å². The summed E-state index contributed by atoms with van der Waals surface area (Å²) in [6.45, 7) is 0. The summed E-state index contributed by atoms with van der Waals surface area (Å²) in [7, 11) is -3.19. The Morgan fingerprint density at radius 3 is 2.54 bits per heavy atom. The molecule has 2 aromatic carbocycles. The van der Waals surface area contributed by atoms with Gasteiger partial charge in [0.05, 0.1) is 40.6 Å². The third-order valence-electron chi connectivity index (χ3n) is 8.71. The van der Waals surface area contributed by atoms with Crippen LogP contribution < -0.4 is 5.32 Å². The fourth-order valence-corrected chi connectivity index (χ4v) is 6.94. The Kier molecular flexibility index (Phi) is 7.85. The van der Waals surface area contributed by atoms with Gasteiger partial charge < -0.3 is 10.3 Å². The van der Waals surface area contributed by atoms with Crippen LogP contribution in [0.25, 0.3) is 55.4 Å². The first-order valence-corrected chi connectivity index (χ1v) is 17.5. The molecule has 4 heterocycles. The Morgan fingerprint density at radius 1 is 0.891 bits per heavy atom. The molecule has 3 N–H and O–H groups in total. The van der Waals surface area contributed by atoms with Crippen molar-refractivity contribution in [3.8, 4) is 33.6 Å². The molecule has 1 aliphatic carbocycles. The average molecular weight is 637 g/mol. The zero-order valence-electron chi connectivity index (χ0n) is 25.3. The summed E-state index contributed by atoms with van der Waals surface area (Å²) in [5.74, 6) is -0.387. The molecule has 0 radical (unpaired) electrons. The average Bonchev–Trinajstić information content (AvgIpc) is 3.68. The largest absolute Gasteiger partial charge is 0.352 e. The van der Waals surface area contributed by atoms with Gasteiger partial charge in [-0.25, -0.2) is 12.8 Å². The lowest BCUT2D eigenvalue weighted by Gasteiger charge is -2.20. The predicted molar refractivity (Wildman–Crippen MR) is 178 cm³/mol. The molecule has 1 saturated carbocycles. The van der Waals surface area contributed by atoms with Crippen LogP contribution in [0.5, 0.6) is 0 Å². The second-order valence-corrected chi connectivity index (χ2v) is 14.4. The molecule has 1 fully saturated rings. The van der Waals surface area contributed by atoms with E-state index in [0.717, 1.165) is 69.9 Å². The van der Waals surface area contributed by atoms with Crippen molar-refractivity contribution < 1.29 is 17.6 Å². The molecule has 4 aromatic heterocycles. The van der Waals surface area contributed by atoms with Gasteiger partial charge in [0.15, 0.2) is 0 Å². The number of aromatic nitrogens is 5. The van der Waals surface area contributed by atoms with Crippen LogP contribution in [0.4, 0.5) is 10.1 Å².